The summed E-state index contributed by atoms with van der Waals surface area (Å²) < 4.78 is 16.1. The summed E-state index contributed by atoms with van der Waals surface area (Å²) in [6.45, 7) is 2.36. The molecule has 1 unspecified atom stereocenters. The van der Waals surface area contributed by atoms with Gasteiger partial charge in [-0.2, -0.15) is 0 Å². The van der Waals surface area contributed by atoms with E-state index < -0.39 is 0 Å². The van der Waals surface area contributed by atoms with Gasteiger partial charge >= 0.3 is 0 Å². The summed E-state index contributed by atoms with van der Waals surface area (Å²) >= 11 is 9.40. The van der Waals surface area contributed by atoms with Crippen LogP contribution in [0.2, 0.25) is 0 Å². The van der Waals surface area contributed by atoms with Crippen molar-refractivity contribution in [3.05, 3.63) is 58.3 Å². The molecule has 1 aromatic carbocycles. The van der Waals surface area contributed by atoms with Gasteiger partial charge in [0.2, 0.25) is 0 Å². The van der Waals surface area contributed by atoms with Crippen LogP contribution in [0.25, 0.3) is 11.0 Å². The van der Waals surface area contributed by atoms with E-state index in [1.54, 1.807) is 12.3 Å². The minimum atomic E-state index is -0.321. The third-order valence-electron chi connectivity index (χ3n) is 3.22. The number of pyridine rings is 1. The van der Waals surface area contributed by atoms with Gasteiger partial charge in [0.05, 0.1) is 33.1 Å². The number of benzene rings is 1. The van der Waals surface area contributed by atoms with Crippen LogP contribution in [0.1, 0.15) is 23.8 Å². The van der Waals surface area contributed by atoms with Crippen LogP contribution in [-0.4, -0.2) is 14.5 Å². The van der Waals surface area contributed by atoms with Crippen molar-refractivity contribution in [2.45, 2.75) is 18.8 Å². The molecule has 0 fully saturated rings. The van der Waals surface area contributed by atoms with Crippen LogP contribution in [0.15, 0.2) is 41.0 Å². The average Bonchev–Trinajstić information content (AvgIpc) is 2.79. The Hall–Kier alpha value is -1.46. The molecule has 3 nitrogen and oxygen atoms in total. The lowest BCUT2D eigenvalue weighted by molar-refractivity contribution is 0.621. The maximum atomic E-state index is 13.8. The molecule has 0 amide bonds. The molecule has 3 rings (SSSR count). The van der Waals surface area contributed by atoms with Crippen LogP contribution in [0.3, 0.4) is 0 Å². The highest BCUT2D eigenvalue weighted by molar-refractivity contribution is 9.10. The van der Waals surface area contributed by atoms with Gasteiger partial charge in [0.25, 0.3) is 0 Å². The first-order chi connectivity index (χ1) is 10.1. The van der Waals surface area contributed by atoms with Gasteiger partial charge in [0.15, 0.2) is 0 Å². The standard InChI is InChI=1S/C15H12BrClFN3/c1-9(17)15-20-13-6-11(16)12(18)7-14(13)21(15)8-10-4-2-3-5-19-10/h2-7,9H,8H2,1H3. The fourth-order valence-electron chi connectivity index (χ4n) is 2.26. The van der Waals surface area contributed by atoms with Crippen molar-refractivity contribution in [1.82, 2.24) is 14.5 Å². The van der Waals surface area contributed by atoms with Crippen LogP contribution < -0.4 is 0 Å². The molecule has 2 heterocycles. The molecule has 1 atom stereocenters. The van der Waals surface area contributed by atoms with Gasteiger partial charge in [-0.3, -0.25) is 4.98 Å². The molecule has 3 aromatic rings. The Bertz CT molecular complexity index is 786. The lowest BCUT2D eigenvalue weighted by atomic mass is 10.3. The summed E-state index contributed by atoms with van der Waals surface area (Å²) in [6, 6.07) is 8.84. The van der Waals surface area contributed by atoms with E-state index >= 15 is 0 Å². The normalized spacial score (nSPS) is 12.8. The van der Waals surface area contributed by atoms with Gasteiger partial charge in [0.1, 0.15) is 11.6 Å². The zero-order valence-corrected chi connectivity index (χ0v) is 13.6. The highest BCUT2D eigenvalue weighted by Gasteiger charge is 2.17. The Morgan fingerprint density at radius 1 is 1.38 bits per heavy atom. The molecular formula is C15H12BrClFN3. The molecule has 2 aromatic heterocycles. The summed E-state index contributed by atoms with van der Waals surface area (Å²) in [5.41, 5.74) is 2.30. The topological polar surface area (TPSA) is 30.7 Å². The average molecular weight is 369 g/mol. The lowest BCUT2D eigenvalue weighted by Crippen LogP contribution is -2.07. The molecule has 0 radical (unpaired) electrons. The molecule has 0 N–H and O–H groups in total. The van der Waals surface area contributed by atoms with E-state index in [0.717, 1.165) is 5.69 Å². The monoisotopic (exact) mass is 367 g/mol. The van der Waals surface area contributed by atoms with Gasteiger partial charge in [-0.25, -0.2) is 9.37 Å². The third kappa shape index (κ3) is 2.80. The molecule has 0 aliphatic heterocycles. The minimum absolute atomic E-state index is 0.275. The molecule has 0 aliphatic rings. The maximum Gasteiger partial charge on any atom is 0.139 e. The van der Waals surface area contributed by atoms with Crippen LogP contribution >= 0.6 is 27.5 Å². The third-order valence-corrected chi connectivity index (χ3v) is 4.02. The van der Waals surface area contributed by atoms with Gasteiger partial charge in [-0.1, -0.05) is 6.07 Å². The number of aromatic nitrogens is 3. The molecule has 0 saturated heterocycles. The van der Waals surface area contributed by atoms with E-state index in [1.807, 2.05) is 29.7 Å². The number of hydrogen-bond donors (Lipinski definition) is 0. The fraction of sp³-hybridized carbons (Fsp3) is 0.200. The molecule has 0 bridgehead atoms. The van der Waals surface area contributed by atoms with Gasteiger partial charge < -0.3 is 4.57 Å². The van der Waals surface area contributed by atoms with Crippen LogP contribution in [0.4, 0.5) is 4.39 Å². The zero-order chi connectivity index (χ0) is 15.0. The van der Waals surface area contributed by atoms with Crippen LogP contribution in [0.5, 0.6) is 0 Å². The highest BCUT2D eigenvalue weighted by Crippen LogP contribution is 2.28. The first-order valence-corrected chi connectivity index (χ1v) is 7.68. The summed E-state index contributed by atoms with van der Waals surface area (Å²) in [6.07, 6.45) is 1.73. The number of alkyl halides is 1. The quantitative estimate of drug-likeness (QED) is 0.628. The van der Waals surface area contributed by atoms with E-state index in [-0.39, 0.29) is 11.2 Å². The van der Waals surface area contributed by atoms with Crippen molar-refractivity contribution in [2.75, 3.05) is 0 Å². The van der Waals surface area contributed by atoms with Crippen molar-refractivity contribution in [3.63, 3.8) is 0 Å². The zero-order valence-electron chi connectivity index (χ0n) is 11.2. The molecule has 0 saturated carbocycles. The second-order valence-corrected chi connectivity index (χ2v) is 6.26. The van der Waals surface area contributed by atoms with E-state index in [1.165, 1.54) is 6.07 Å². The number of halogens is 3. The molecule has 0 spiro atoms. The molecule has 21 heavy (non-hydrogen) atoms. The number of hydrogen-bond acceptors (Lipinski definition) is 2. The Morgan fingerprint density at radius 2 is 2.19 bits per heavy atom. The summed E-state index contributed by atoms with van der Waals surface area (Å²) in [7, 11) is 0. The second-order valence-electron chi connectivity index (χ2n) is 4.75. The van der Waals surface area contributed by atoms with Gasteiger partial charge in [0, 0.05) is 12.3 Å². The SMILES string of the molecule is CC(Cl)c1nc2cc(Br)c(F)cc2n1Cc1ccccn1. The van der Waals surface area contributed by atoms with Crippen molar-refractivity contribution in [1.29, 1.82) is 0 Å². The summed E-state index contributed by atoms with van der Waals surface area (Å²) in [5, 5.41) is -0.275. The minimum Gasteiger partial charge on any atom is -0.321 e. The van der Waals surface area contributed by atoms with Crippen LogP contribution in [-0.2, 0) is 6.54 Å². The number of rotatable bonds is 3. The Labute approximate surface area is 134 Å². The lowest BCUT2D eigenvalue weighted by Gasteiger charge is -2.10. The number of fused-ring (bicyclic) bond motifs is 1. The van der Waals surface area contributed by atoms with Crippen molar-refractivity contribution in [3.8, 4) is 0 Å². The fourth-order valence-corrected chi connectivity index (χ4v) is 2.76. The molecule has 0 aliphatic carbocycles. The molecular weight excluding hydrogens is 357 g/mol. The summed E-state index contributed by atoms with van der Waals surface area (Å²) in [5.74, 6) is 0.383. The smallest absolute Gasteiger partial charge is 0.139 e. The maximum absolute atomic E-state index is 13.8. The predicted molar refractivity (Wildman–Crippen MR) is 85.0 cm³/mol. The number of nitrogens with zero attached hydrogens (tertiary/aromatic N) is 3. The van der Waals surface area contributed by atoms with Crippen molar-refractivity contribution < 1.29 is 4.39 Å². The second kappa shape index (κ2) is 5.73. The first-order valence-electron chi connectivity index (χ1n) is 6.45. The Kier molecular flexibility index (Phi) is 3.95. The van der Waals surface area contributed by atoms with Gasteiger partial charge in [-0.15, -0.1) is 11.6 Å². The van der Waals surface area contributed by atoms with E-state index in [0.29, 0.717) is 27.9 Å². The molecule has 6 heteroatoms. The Morgan fingerprint density at radius 3 is 2.86 bits per heavy atom. The largest absolute Gasteiger partial charge is 0.321 e. The first kappa shape index (κ1) is 14.5. The van der Waals surface area contributed by atoms with E-state index in [9.17, 15) is 4.39 Å². The summed E-state index contributed by atoms with van der Waals surface area (Å²) in [4.78, 5) is 8.82. The van der Waals surface area contributed by atoms with Crippen molar-refractivity contribution in [2.24, 2.45) is 0 Å². The Balaban J connectivity index is 2.18. The van der Waals surface area contributed by atoms with Crippen LogP contribution in [0, 0.1) is 5.82 Å². The van der Waals surface area contributed by atoms with Gasteiger partial charge in [-0.05, 0) is 41.1 Å². The van der Waals surface area contributed by atoms with Crippen molar-refractivity contribution >= 4 is 38.6 Å². The van der Waals surface area contributed by atoms with E-state index in [4.69, 9.17) is 11.6 Å². The number of imidazole rings is 1. The predicted octanol–water partition coefficient (Wildman–Crippen LogP) is 4.68. The molecule has 108 valence electrons. The highest BCUT2D eigenvalue weighted by atomic mass is 79.9. The van der Waals surface area contributed by atoms with E-state index in [2.05, 4.69) is 25.9 Å².